The average molecular weight is 283 g/mol. The zero-order valence-corrected chi connectivity index (χ0v) is 12.2. The maximum Gasteiger partial charge on any atom is 0.336 e. The van der Waals surface area contributed by atoms with E-state index in [0.717, 1.165) is 11.3 Å². The molecular weight excluding hydrogens is 266 g/mol. The molecule has 0 saturated heterocycles. The van der Waals surface area contributed by atoms with Gasteiger partial charge in [-0.05, 0) is 31.5 Å². The van der Waals surface area contributed by atoms with Gasteiger partial charge in [-0.1, -0.05) is 12.1 Å². The largest absolute Gasteiger partial charge is 0.466 e. The van der Waals surface area contributed by atoms with Gasteiger partial charge < -0.3 is 15.8 Å². The number of benzene rings is 1. The van der Waals surface area contributed by atoms with Gasteiger partial charge in [0.1, 0.15) is 0 Å². The second-order valence-corrected chi connectivity index (χ2v) is 4.91. The summed E-state index contributed by atoms with van der Waals surface area (Å²) in [6.07, 6.45) is 0. The predicted molar refractivity (Wildman–Crippen MR) is 79.8 cm³/mol. The monoisotopic (exact) mass is 283 g/mol. The van der Waals surface area contributed by atoms with Gasteiger partial charge in [-0.2, -0.15) is 5.26 Å². The van der Waals surface area contributed by atoms with Crippen LogP contribution in [-0.2, 0) is 9.53 Å². The number of carbonyl (C=O) groups excluding carboxylic acids is 1. The van der Waals surface area contributed by atoms with Crippen molar-refractivity contribution in [2.24, 2.45) is 0 Å². The Bertz CT molecular complexity index is 696. The number of nitrogens with one attached hydrogen (secondary N) is 1. The number of esters is 1. The molecule has 0 aliphatic carbocycles. The molecule has 108 valence electrons. The van der Waals surface area contributed by atoms with Crippen molar-refractivity contribution in [2.75, 3.05) is 12.8 Å². The van der Waals surface area contributed by atoms with Gasteiger partial charge in [0.05, 0.1) is 30.2 Å². The molecule has 1 aliphatic rings. The molecule has 3 N–H and O–H groups in total. The molecular formula is C16H17N3O2. The number of hydrogen-bond acceptors (Lipinski definition) is 5. The minimum absolute atomic E-state index is 0.435. The molecule has 5 nitrogen and oxygen atoms in total. The highest BCUT2D eigenvalue weighted by molar-refractivity contribution is 5.93. The summed E-state index contributed by atoms with van der Waals surface area (Å²) in [6, 6.07) is 9.39. The van der Waals surface area contributed by atoms with Crippen LogP contribution >= 0.6 is 0 Å². The van der Waals surface area contributed by atoms with Gasteiger partial charge in [0.15, 0.2) is 0 Å². The number of ether oxygens (including phenoxy) is 1. The van der Waals surface area contributed by atoms with Crippen molar-refractivity contribution < 1.29 is 9.53 Å². The number of anilines is 1. The van der Waals surface area contributed by atoms with Crippen LogP contribution in [-0.4, -0.2) is 13.1 Å². The fraction of sp³-hybridized carbons (Fsp3) is 0.250. The molecule has 1 heterocycles. The van der Waals surface area contributed by atoms with Crippen LogP contribution in [0, 0.1) is 11.3 Å². The van der Waals surface area contributed by atoms with Gasteiger partial charge in [-0.3, -0.25) is 0 Å². The zero-order chi connectivity index (χ0) is 15.6. The molecule has 1 aliphatic heterocycles. The fourth-order valence-electron chi connectivity index (χ4n) is 2.59. The number of nitrogens with two attached hydrogens (primary N) is 1. The van der Waals surface area contributed by atoms with Crippen molar-refractivity contribution in [3.05, 3.63) is 52.4 Å². The number of allylic oxidation sites excluding steroid dienone is 3. The molecule has 1 aromatic carbocycles. The molecule has 0 bridgehead atoms. The fourth-order valence-corrected chi connectivity index (χ4v) is 2.59. The lowest BCUT2D eigenvalue weighted by atomic mass is 9.81. The Morgan fingerprint density at radius 1 is 1.38 bits per heavy atom. The Kier molecular flexibility index (Phi) is 3.99. The van der Waals surface area contributed by atoms with Crippen molar-refractivity contribution in [1.82, 2.24) is 5.32 Å². The van der Waals surface area contributed by atoms with E-state index in [0.29, 0.717) is 22.5 Å². The molecule has 0 fully saturated rings. The first-order valence-corrected chi connectivity index (χ1v) is 6.52. The normalized spacial score (nSPS) is 18.1. The summed E-state index contributed by atoms with van der Waals surface area (Å²) in [5.74, 6) is -0.917. The Morgan fingerprint density at radius 2 is 2.10 bits per heavy atom. The van der Waals surface area contributed by atoms with E-state index in [1.165, 1.54) is 7.11 Å². The van der Waals surface area contributed by atoms with E-state index in [1.54, 1.807) is 25.1 Å². The van der Waals surface area contributed by atoms with Crippen molar-refractivity contribution >= 4 is 11.7 Å². The molecule has 0 radical (unpaired) electrons. The van der Waals surface area contributed by atoms with E-state index in [9.17, 15) is 10.1 Å². The Morgan fingerprint density at radius 3 is 2.67 bits per heavy atom. The van der Waals surface area contributed by atoms with Crippen LogP contribution in [0.4, 0.5) is 5.69 Å². The highest BCUT2D eigenvalue weighted by Gasteiger charge is 2.33. The molecule has 1 unspecified atom stereocenters. The summed E-state index contributed by atoms with van der Waals surface area (Å²) in [6.45, 7) is 3.61. The summed E-state index contributed by atoms with van der Waals surface area (Å²) < 4.78 is 4.87. The summed E-state index contributed by atoms with van der Waals surface area (Å²) in [5.41, 5.74) is 9.56. The summed E-state index contributed by atoms with van der Waals surface area (Å²) in [5, 5.41) is 12.5. The summed E-state index contributed by atoms with van der Waals surface area (Å²) in [4.78, 5) is 12.1. The van der Waals surface area contributed by atoms with Crippen LogP contribution in [0.25, 0.3) is 0 Å². The molecule has 2 rings (SSSR count). The number of dihydropyridines is 1. The van der Waals surface area contributed by atoms with E-state index in [2.05, 4.69) is 11.4 Å². The van der Waals surface area contributed by atoms with E-state index >= 15 is 0 Å². The zero-order valence-electron chi connectivity index (χ0n) is 12.2. The first-order chi connectivity index (χ1) is 9.99. The van der Waals surface area contributed by atoms with Crippen LogP contribution in [0.3, 0.4) is 0 Å². The average Bonchev–Trinajstić information content (AvgIpc) is 2.45. The number of methoxy groups -OCH3 is 1. The molecule has 1 atom stereocenters. The molecule has 1 aromatic rings. The summed E-state index contributed by atoms with van der Waals surface area (Å²) in [7, 11) is 1.33. The van der Waals surface area contributed by atoms with E-state index in [4.69, 9.17) is 10.5 Å². The SMILES string of the molecule is COC(=O)C1=C(C)NC(C)=C(C#N)C1c1cccc(N)c1. The third kappa shape index (κ3) is 2.61. The van der Waals surface area contributed by atoms with Crippen LogP contribution in [0.1, 0.15) is 25.3 Å². The van der Waals surface area contributed by atoms with Gasteiger partial charge in [0, 0.05) is 17.1 Å². The Labute approximate surface area is 123 Å². The predicted octanol–water partition coefficient (Wildman–Crippen LogP) is 2.20. The molecule has 5 heteroatoms. The highest BCUT2D eigenvalue weighted by Crippen LogP contribution is 2.38. The van der Waals surface area contributed by atoms with Gasteiger partial charge in [0.25, 0.3) is 0 Å². The minimum atomic E-state index is -0.466. The van der Waals surface area contributed by atoms with Crippen LogP contribution in [0.2, 0.25) is 0 Å². The first-order valence-electron chi connectivity index (χ1n) is 6.52. The van der Waals surface area contributed by atoms with Crippen molar-refractivity contribution in [2.45, 2.75) is 19.8 Å². The summed E-state index contributed by atoms with van der Waals surface area (Å²) >= 11 is 0. The maximum atomic E-state index is 12.1. The number of nitrogens with zero attached hydrogens (tertiary/aromatic N) is 1. The van der Waals surface area contributed by atoms with Gasteiger partial charge in [-0.15, -0.1) is 0 Å². The Hall–Kier alpha value is -2.74. The lowest BCUT2D eigenvalue weighted by Gasteiger charge is -2.28. The maximum absolute atomic E-state index is 12.1. The second kappa shape index (κ2) is 5.71. The van der Waals surface area contributed by atoms with E-state index < -0.39 is 11.9 Å². The second-order valence-electron chi connectivity index (χ2n) is 4.91. The number of carbonyl (C=O) groups is 1. The van der Waals surface area contributed by atoms with Crippen molar-refractivity contribution in [1.29, 1.82) is 5.26 Å². The van der Waals surface area contributed by atoms with Crippen LogP contribution in [0.15, 0.2) is 46.8 Å². The third-order valence-electron chi connectivity index (χ3n) is 3.53. The van der Waals surface area contributed by atoms with Gasteiger partial charge in [0.2, 0.25) is 0 Å². The van der Waals surface area contributed by atoms with Crippen molar-refractivity contribution in [3.63, 3.8) is 0 Å². The van der Waals surface area contributed by atoms with Gasteiger partial charge >= 0.3 is 5.97 Å². The smallest absolute Gasteiger partial charge is 0.336 e. The van der Waals surface area contributed by atoms with Gasteiger partial charge in [-0.25, -0.2) is 4.79 Å². The van der Waals surface area contributed by atoms with Crippen LogP contribution < -0.4 is 11.1 Å². The molecule has 0 saturated carbocycles. The minimum Gasteiger partial charge on any atom is -0.466 e. The molecule has 0 spiro atoms. The highest BCUT2D eigenvalue weighted by atomic mass is 16.5. The number of hydrogen-bond donors (Lipinski definition) is 2. The topological polar surface area (TPSA) is 88.1 Å². The molecule has 0 amide bonds. The lowest BCUT2D eigenvalue weighted by Crippen LogP contribution is -2.28. The third-order valence-corrected chi connectivity index (χ3v) is 3.53. The van der Waals surface area contributed by atoms with E-state index in [-0.39, 0.29) is 0 Å². The quantitative estimate of drug-likeness (QED) is 0.641. The molecule has 21 heavy (non-hydrogen) atoms. The lowest BCUT2D eigenvalue weighted by molar-refractivity contribution is -0.136. The van der Waals surface area contributed by atoms with Crippen LogP contribution in [0.5, 0.6) is 0 Å². The van der Waals surface area contributed by atoms with E-state index in [1.807, 2.05) is 13.0 Å². The number of nitrogen functional groups attached to an aromatic ring is 1. The standard InChI is InChI=1S/C16H17N3O2/c1-9-13(8-17)15(11-5-4-6-12(18)7-11)14(10(2)19-9)16(20)21-3/h4-7,15,19H,18H2,1-3H3. The molecule has 0 aromatic heterocycles. The first kappa shape index (κ1) is 14.7. The Balaban J connectivity index is 2.66. The van der Waals surface area contributed by atoms with Crippen molar-refractivity contribution in [3.8, 4) is 6.07 Å². The number of nitriles is 1. The number of rotatable bonds is 2.